The van der Waals surface area contributed by atoms with Gasteiger partial charge in [0.15, 0.2) is 17.4 Å². The quantitative estimate of drug-likeness (QED) is 0.464. The molecule has 1 amide bonds. The van der Waals surface area contributed by atoms with Crippen LogP contribution in [0, 0.1) is 17.6 Å². The zero-order valence-electron chi connectivity index (χ0n) is 18.6. The largest absolute Gasteiger partial charge is 0.503 e. The Kier molecular flexibility index (Phi) is 5.72. The Bertz CT molecular complexity index is 1330. The van der Waals surface area contributed by atoms with E-state index in [1.54, 1.807) is 13.2 Å². The SMILES string of the molecule is Cn1ncc(-c2ccc3cn([C@H]4CC[C@H](CNC(=O)c5cc(F)c(O)c(F)c5)CC4)nc3c2)n1. The summed E-state index contributed by atoms with van der Waals surface area (Å²) in [4.78, 5) is 13.8. The highest BCUT2D eigenvalue weighted by molar-refractivity contribution is 5.94. The van der Waals surface area contributed by atoms with Crippen molar-refractivity contribution >= 4 is 16.8 Å². The van der Waals surface area contributed by atoms with Gasteiger partial charge in [-0.2, -0.15) is 20.1 Å². The van der Waals surface area contributed by atoms with Gasteiger partial charge in [0.25, 0.3) is 5.91 Å². The molecule has 1 saturated carbocycles. The number of aromatic nitrogens is 5. The molecule has 0 atom stereocenters. The van der Waals surface area contributed by atoms with Crippen molar-refractivity contribution in [2.24, 2.45) is 13.0 Å². The molecule has 1 aliphatic carbocycles. The molecule has 1 aliphatic rings. The van der Waals surface area contributed by atoms with Crippen LogP contribution in [0.25, 0.3) is 22.2 Å². The van der Waals surface area contributed by atoms with Crippen LogP contribution in [0.4, 0.5) is 8.78 Å². The van der Waals surface area contributed by atoms with Gasteiger partial charge in [-0.25, -0.2) is 8.78 Å². The number of carbonyl (C=O) groups is 1. The summed E-state index contributed by atoms with van der Waals surface area (Å²) in [6.07, 6.45) is 7.46. The minimum Gasteiger partial charge on any atom is -0.503 e. The molecule has 0 aliphatic heterocycles. The monoisotopic (exact) mass is 466 g/mol. The van der Waals surface area contributed by atoms with E-state index in [1.165, 1.54) is 4.80 Å². The van der Waals surface area contributed by atoms with Crippen LogP contribution in [0.3, 0.4) is 0 Å². The first kappa shape index (κ1) is 22.0. The van der Waals surface area contributed by atoms with Crippen LogP contribution in [-0.2, 0) is 7.05 Å². The highest BCUT2D eigenvalue weighted by Crippen LogP contribution is 2.33. The highest BCUT2D eigenvalue weighted by Gasteiger charge is 2.24. The molecular weight excluding hydrogens is 442 g/mol. The third-order valence-electron chi connectivity index (χ3n) is 6.44. The summed E-state index contributed by atoms with van der Waals surface area (Å²) in [6.45, 7) is 0.429. The summed E-state index contributed by atoms with van der Waals surface area (Å²) in [7, 11) is 1.78. The van der Waals surface area contributed by atoms with Crippen LogP contribution in [-0.4, -0.2) is 42.3 Å². The molecule has 2 N–H and O–H groups in total. The van der Waals surface area contributed by atoms with Gasteiger partial charge in [0.2, 0.25) is 0 Å². The molecule has 5 rings (SSSR count). The van der Waals surface area contributed by atoms with E-state index in [-0.39, 0.29) is 17.5 Å². The Hall–Kier alpha value is -3.82. The van der Waals surface area contributed by atoms with Crippen LogP contribution in [0.2, 0.25) is 0 Å². The molecule has 8 nitrogen and oxygen atoms in total. The smallest absolute Gasteiger partial charge is 0.251 e. The Morgan fingerprint density at radius 1 is 1.12 bits per heavy atom. The molecule has 176 valence electrons. The molecular formula is C24H24F2N6O2. The van der Waals surface area contributed by atoms with Crippen LogP contribution >= 0.6 is 0 Å². The molecule has 2 aromatic heterocycles. The molecule has 0 radical (unpaired) electrons. The van der Waals surface area contributed by atoms with Crippen molar-refractivity contribution in [2.45, 2.75) is 31.7 Å². The fourth-order valence-corrected chi connectivity index (χ4v) is 4.51. The fraction of sp³-hybridized carbons (Fsp3) is 0.333. The molecule has 0 spiro atoms. The van der Waals surface area contributed by atoms with Gasteiger partial charge in [-0.05, 0) is 49.8 Å². The minimum atomic E-state index is -1.15. The minimum absolute atomic E-state index is 0.148. The number of benzene rings is 2. The highest BCUT2D eigenvalue weighted by atomic mass is 19.1. The van der Waals surface area contributed by atoms with Gasteiger partial charge in [0.05, 0.1) is 17.8 Å². The van der Waals surface area contributed by atoms with E-state index in [4.69, 9.17) is 5.10 Å². The lowest BCUT2D eigenvalue weighted by atomic mass is 9.86. The lowest BCUT2D eigenvalue weighted by molar-refractivity contribution is 0.0940. The zero-order chi connectivity index (χ0) is 23.8. The molecule has 0 bridgehead atoms. The van der Waals surface area contributed by atoms with Gasteiger partial charge in [-0.3, -0.25) is 9.48 Å². The summed E-state index contributed by atoms with van der Waals surface area (Å²) in [5.41, 5.74) is 2.54. The second-order valence-electron chi connectivity index (χ2n) is 8.78. The third kappa shape index (κ3) is 4.35. The summed E-state index contributed by atoms with van der Waals surface area (Å²) >= 11 is 0. The number of rotatable bonds is 5. The summed E-state index contributed by atoms with van der Waals surface area (Å²) in [6, 6.07) is 8.03. The maximum absolute atomic E-state index is 13.5. The summed E-state index contributed by atoms with van der Waals surface area (Å²) in [5, 5.41) is 26.3. The van der Waals surface area contributed by atoms with Crippen LogP contribution < -0.4 is 5.32 Å². The normalized spacial score (nSPS) is 18.3. The summed E-state index contributed by atoms with van der Waals surface area (Å²) < 4.78 is 29.0. The van der Waals surface area contributed by atoms with E-state index in [2.05, 4.69) is 21.7 Å². The number of hydrogen-bond acceptors (Lipinski definition) is 5. The number of hydrogen-bond donors (Lipinski definition) is 2. The number of carbonyl (C=O) groups excluding carboxylic acids is 1. The molecule has 2 heterocycles. The van der Waals surface area contributed by atoms with Gasteiger partial charge in [0.1, 0.15) is 5.69 Å². The molecule has 2 aromatic carbocycles. The number of nitrogens with zero attached hydrogens (tertiary/aromatic N) is 5. The van der Waals surface area contributed by atoms with Crippen molar-refractivity contribution in [3.8, 4) is 17.0 Å². The molecule has 4 aromatic rings. The summed E-state index contributed by atoms with van der Waals surface area (Å²) in [5.74, 6) is -3.66. The second-order valence-corrected chi connectivity index (χ2v) is 8.78. The molecule has 1 fully saturated rings. The number of aromatic hydroxyl groups is 1. The second kappa shape index (κ2) is 8.85. The van der Waals surface area contributed by atoms with E-state index in [0.29, 0.717) is 6.54 Å². The molecule has 34 heavy (non-hydrogen) atoms. The first-order valence-electron chi connectivity index (χ1n) is 11.2. The Labute approximate surface area is 194 Å². The van der Waals surface area contributed by atoms with Crippen molar-refractivity contribution in [1.82, 2.24) is 30.1 Å². The molecule has 0 unspecified atom stereocenters. The van der Waals surface area contributed by atoms with Gasteiger partial charge in [-0.15, -0.1) is 0 Å². The number of phenols is 1. The Morgan fingerprint density at radius 2 is 1.85 bits per heavy atom. The van der Waals surface area contributed by atoms with Crippen molar-refractivity contribution in [3.05, 3.63) is 59.9 Å². The maximum Gasteiger partial charge on any atom is 0.251 e. The average Bonchev–Trinajstić information content (AvgIpc) is 3.46. The van der Waals surface area contributed by atoms with Crippen molar-refractivity contribution in [3.63, 3.8) is 0 Å². The van der Waals surface area contributed by atoms with E-state index >= 15 is 0 Å². The van der Waals surface area contributed by atoms with Gasteiger partial charge < -0.3 is 10.4 Å². The van der Waals surface area contributed by atoms with E-state index in [1.807, 2.05) is 22.9 Å². The first-order chi connectivity index (χ1) is 16.4. The molecule has 0 saturated heterocycles. The van der Waals surface area contributed by atoms with Gasteiger partial charge in [-0.1, -0.05) is 12.1 Å². The van der Waals surface area contributed by atoms with E-state index in [9.17, 15) is 18.7 Å². The Balaban J connectivity index is 1.18. The number of aryl methyl sites for hydroxylation is 1. The number of fused-ring (bicyclic) bond motifs is 1. The number of nitrogens with one attached hydrogen (secondary N) is 1. The number of halogens is 2. The van der Waals surface area contributed by atoms with Crippen molar-refractivity contribution in [2.75, 3.05) is 6.54 Å². The van der Waals surface area contributed by atoms with Crippen molar-refractivity contribution in [1.29, 1.82) is 0 Å². The van der Waals surface area contributed by atoms with E-state index < -0.39 is 23.3 Å². The maximum atomic E-state index is 13.5. The predicted molar refractivity (Wildman–Crippen MR) is 121 cm³/mol. The number of amides is 1. The van der Waals surface area contributed by atoms with Crippen LogP contribution in [0.5, 0.6) is 5.75 Å². The van der Waals surface area contributed by atoms with Crippen LogP contribution in [0.1, 0.15) is 42.1 Å². The Morgan fingerprint density at radius 3 is 2.53 bits per heavy atom. The number of phenolic OH excluding ortho intramolecular Hbond substituents is 1. The third-order valence-corrected chi connectivity index (χ3v) is 6.44. The lowest BCUT2D eigenvalue weighted by Gasteiger charge is -2.28. The van der Waals surface area contributed by atoms with Gasteiger partial charge in [0, 0.05) is 36.3 Å². The van der Waals surface area contributed by atoms with Crippen LogP contribution in [0.15, 0.2) is 42.7 Å². The van der Waals surface area contributed by atoms with Crippen molar-refractivity contribution < 1.29 is 18.7 Å². The first-order valence-corrected chi connectivity index (χ1v) is 11.2. The predicted octanol–water partition coefficient (Wildman–Crippen LogP) is 3.98. The topological polar surface area (TPSA) is 97.9 Å². The molecule has 10 heteroatoms. The standard InChI is InChI=1S/C24H24F2N6O2/c1-31-28-12-22(29-31)15-4-5-16-13-32(30-21(16)10-15)18-6-2-14(3-7-18)11-27-24(34)17-8-19(25)23(33)20(26)9-17/h4-5,8-10,12-14,18,33H,2-3,6-7,11H2,1H3,(H,27,34)/t14-,18-. The average molecular weight is 466 g/mol. The lowest BCUT2D eigenvalue weighted by Crippen LogP contribution is -2.31. The fourth-order valence-electron chi connectivity index (χ4n) is 4.51. The van der Waals surface area contributed by atoms with Gasteiger partial charge >= 0.3 is 0 Å². The zero-order valence-corrected chi connectivity index (χ0v) is 18.6. The van der Waals surface area contributed by atoms with E-state index in [0.717, 1.165) is 60.0 Å².